The maximum absolute atomic E-state index is 14.4. The van der Waals surface area contributed by atoms with Gasteiger partial charge in [-0.05, 0) is 74.2 Å². The van der Waals surface area contributed by atoms with E-state index in [0.29, 0.717) is 25.9 Å². The monoisotopic (exact) mass is 408 g/mol. The number of fused-ring (bicyclic) bond motifs is 1. The average molecular weight is 408 g/mol. The fraction of sp³-hybridized carbons (Fsp3) is 0.333. The van der Waals surface area contributed by atoms with Gasteiger partial charge in [0, 0.05) is 18.5 Å². The topological polar surface area (TPSA) is 62.7 Å². The van der Waals surface area contributed by atoms with Gasteiger partial charge in [0.1, 0.15) is 5.82 Å². The van der Waals surface area contributed by atoms with Gasteiger partial charge in [-0.15, -0.1) is 0 Å². The Morgan fingerprint density at radius 3 is 2.47 bits per heavy atom. The lowest BCUT2D eigenvalue weighted by Gasteiger charge is -2.31. The number of carboxylic acids is 1. The van der Waals surface area contributed by atoms with Gasteiger partial charge in [0.15, 0.2) is 11.6 Å². The number of pyridine rings is 1. The Hall–Kier alpha value is -3.15. The third kappa shape index (κ3) is 4.22. The van der Waals surface area contributed by atoms with E-state index in [0.717, 1.165) is 27.8 Å². The molecule has 0 bridgehead atoms. The first-order valence-corrected chi connectivity index (χ1v) is 10.3. The summed E-state index contributed by atoms with van der Waals surface area (Å²) in [5.41, 5.74) is 2.55. The fourth-order valence-corrected chi connectivity index (χ4v) is 3.86. The Labute approximate surface area is 175 Å². The highest BCUT2D eigenvalue weighted by Crippen LogP contribution is 2.30. The first-order chi connectivity index (χ1) is 14.4. The van der Waals surface area contributed by atoms with Crippen molar-refractivity contribution in [2.45, 2.75) is 32.8 Å². The zero-order chi connectivity index (χ0) is 21.3. The molecule has 6 heteroatoms. The first-order valence-electron chi connectivity index (χ1n) is 10.3. The maximum Gasteiger partial charge on any atom is 0.306 e. The van der Waals surface area contributed by atoms with E-state index >= 15 is 0 Å². The van der Waals surface area contributed by atoms with Gasteiger partial charge in [0.05, 0.1) is 17.5 Å². The predicted molar refractivity (Wildman–Crippen MR) is 115 cm³/mol. The molecule has 1 aliphatic heterocycles. The first kappa shape index (κ1) is 20.1. The molecular formula is C24H25FN2O3. The summed E-state index contributed by atoms with van der Waals surface area (Å²) in [6.07, 6.45) is 1.19. The molecule has 0 radical (unpaired) electrons. The third-order valence-electron chi connectivity index (χ3n) is 5.47. The van der Waals surface area contributed by atoms with Crippen LogP contribution in [0.4, 0.5) is 10.2 Å². The van der Waals surface area contributed by atoms with Crippen molar-refractivity contribution < 1.29 is 19.0 Å². The van der Waals surface area contributed by atoms with Crippen LogP contribution < -0.4 is 9.64 Å². The zero-order valence-corrected chi connectivity index (χ0v) is 17.1. The summed E-state index contributed by atoms with van der Waals surface area (Å²) in [7, 11) is 0. The molecule has 30 heavy (non-hydrogen) atoms. The number of nitrogens with zero attached hydrogens (tertiary/aromatic N) is 2. The maximum atomic E-state index is 14.4. The van der Waals surface area contributed by atoms with E-state index < -0.39 is 5.97 Å². The van der Waals surface area contributed by atoms with E-state index in [1.165, 1.54) is 6.07 Å². The second kappa shape index (κ2) is 8.30. The highest BCUT2D eigenvalue weighted by atomic mass is 19.1. The van der Waals surface area contributed by atoms with Crippen LogP contribution in [0, 0.1) is 11.7 Å². The molecule has 1 fully saturated rings. The molecule has 0 unspecified atom stereocenters. The normalized spacial score (nSPS) is 15.0. The molecule has 5 nitrogen and oxygen atoms in total. The van der Waals surface area contributed by atoms with Gasteiger partial charge in [0.25, 0.3) is 0 Å². The van der Waals surface area contributed by atoms with Gasteiger partial charge in [0.2, 0.25) is 0 Å². The van der Waals surface area contributed by atoms with Crippen molar-refractivity contribution in [1.29, 1.82) is 0 Å². The molecule has 0 aliphatic carbocycles. The smallest absolute Gasteiger partial charge is 0.306 e. The van der Waals surface area contributed by atoms with Crippen LogP contribution in [0.2, 0.25) is 0 Å². The Bertz CT molecular complexity index is 1080. The fourth-order valence-electron chi connectivity index (χ4n) is 3.86. The molecule has 1 aliphatic rings. The molecule has 0 atom stereocenters. The SMILES string of the molecule is CC(C)Oc1ccc(-c2ccc3nc(N4CCC(C(=O)O)CC4)ccc3c2)cc1F. The summed E-state index contributed by atoms with van der Waals surface area (Å²) in [6, 6.07) is 14.9. The summed E-state index contributed by atoms with van der Waals surface area (Å²) in [4.78, 5) is 18.0. The molecule has 156 valence electrons. The summed E-state index contributed by atoms with van der Waals surface area (Å²) < 4.78 is 19.8. The molecule has 0 amide bonds. The van der Waals surface area contributed by atoms with Crippen LogP contribution in [0.15, 0.2) is 48.5 Å². The minimum atomic E-state index is -0.714. The highest BCUT2D eigenvalue weighted by molar-refractivity contribution is 5.86. The standard InChI is InChI=1S/C24H25FN2O3/c1-15(2)30-22-7-4-18(14-20(22)25)17-3-6-21-19(13-17)5-8-23(26-21)27-11-9-16(10-12-27)24(28)29/h3-8,13-16H,9-12H2,1-2H3,(H,28,29). The minimum absolute atomic E-state index is 0.0822. The number of ether oxygens (including phenoxy) is 1. The van der Waals surface area contributed by atoms with Crippen molar-refractivity contribution in [2.24, 2.45) is 5.92 Å². The number of rotatable bonds is 5. The Balaban J connectivity index is 1.55. The second-order valence-corrected chi connectivity index (χ2v) is 7.99. The molecule has 2 heterocycles. The van der Waals surface area contributed by atoms with Crippen molar-refractivity contribution >= 4 is 22.7 Å². The van der Waals surface area contributed by atoms with Gasteiger partial charge >= 0.3 is 5.97 Å². The van der Waals surface area contributed by atoms with E-state index in [9.17, 15) is 9.18 Å². The zero-order valence-electron chi connectivity index (χ0n) is 17.1. The molecule has 2 aromatic carbocycles. The predicted octanol–water partition coefficient (Wildman–Crippen LogP) is 5.13. The van der Waals surface area contributed by atoms with Crippen LogP contribution in [0.3, 0.4) is 0 Å². The van der Waals surface area contributed by atoms with Gasteiger partial charge < -0.3 is 14.7 Å². The van der Waals surface area contributed by atoms with Crippen LogP contribution in [-0.2, 0) is 4.79 Å². The number of aromatic nitrogens is 1. The van der Waals surface area contributed by atoms with E-state index in [1.807, 2.05) is 50.2 Å². The minimum Gasteiger partial charge on any atom is -0.488 e. The molecule has 3 aromatic rings. The van der Waals surface area contributed by atoms with E-state index in [2.05, 4.69) is 4.90 Å². The van der Waals surface area contributed by atoms with Gasteiger partial charge in [-0.25, -0.2) is 9.37 Å². The van der Waals surface area contributed by atoms with E-state index in [4.69, 9.17) is 14.8 Å². The number of hydrogen-bond acceptors (Lipinski definition) is 4. The number of hydrogen-bond donors (Lipinski definition) is 1. The number of anilines is 1. The van der Waals surface area contributed by atoms with Crippen molar-refractivity contribution in [2.75, 3.05) is 18.0 Å². The molecule has 1 N–H and O–H groups in total. The van der Waals surface area contributed by atoms with Crippen LogP contribution in [0.1, 0.15) is 26.7 Å². The lowest BCUT2D eigenvalue weighted by atomic mass is 9.97. The Kier molecular flexibility index (Phi) is 5.57. The van der Waals surface area contributed by atoms with Crippen molar-refractivity contribution in [3.63, 3.8) is 0 Å². The highest BCUT2D eigenvalue weighted by Gasteiger charge is 2.25. The number of halogens is 1. The lowest BCUT2D eigenvalue weighted by molar-refractivity contribution is -0.142. The van der Waals surface area contributed by atoms with Crippen LogP contribution in [-0.4, -0.2) is 35.3 Å². The molecule has 0 saturated carbocycles. The third-order valence-corrected chi connectivity index (χ3v) is 5.47. The van der Waals surface area contributed by atoms with E-state index in [-0.39, 0.29) is 23.6 Å². The summed E-state index contributed by atoms with van der Waals surface area (Å²) in [5, 5.41) is 10.1. The van der Waals surface area contributed by atoms with Gasteiger partial charge in [-0.1, -0.05) is 12.1 Å². The van der Waals surface area contributed by atoms with Crippen molar-refractivity contribution in [3.05, 3.63) is 54.3 Å². The molecular weight excluding hydrogens is 383 g/mol. The number of benzene rings is 2. The van der Waals surface area contributed by atoms with Gasteiger partial charge in [-0.3, -0.25) is 4.79 Å². The number of aliphatic carboxylic acids is 1. The van der Waals surface area contributed by atoms with Gasteiger partial charge in [-0.2, -0.15) is 0 Å². The lowest BCUT2D eigenvalue weighted by Crippen LogP contribution is -2.36. The van der Waals surface area contributed by atoms with Crippen LogP contribution in [0.25, 0.3) is 22.0 Å². The number of carboxylic acid groups (broad SMARTS) is 1. The number of carbonyl (C=O) groups is 1. The van der Waals surface area contributed by atoms with Crippen LogP contribution in [0.5, 0.6) is 5.75 Å². The Morgan fingerprint density at radius 2 is 1.80 bits per heavy atom. The van der Waals surface area contributed by atoms with Crippen molar-refractivity contribution in [1.82, 2.24) is 4.98 Å². The quantitative estimate of drug-likeness (QED) is 0.634. The van der Waals surface area contributed by atoms with Crippen LogP contribution >= 0.6 is 0 Å². The molecule has 4 rings (SSSR count). The number of piperidine rings is 1. The average Bonchev–Trinajstić information content (AvgIpc) is 2.74. The largest absolute Gasteiger partial charge is 0.488 e. The van der Waals surface area contributed by atoms with Crippen molar-refractivity contribution in [3.8, 4) is 16.9 Å². The molecule has 1 aromatic heterocycles. The summed E-state index contributed by atoms with van der Waals surface area (Å²) >= 11 is 0. The summed E-state index contributed by atoms with van der Waals surface area (Å²) in [5.74, 6) is -0.233. The molecule has 0 spiro atoms. The molecule has 1 saturated heterocycles. The Morgan fingerprint density at radius 1 is 1.10 bits per heavy atom. The second-order valence-electron chi connectivity index (χ2n) is 7.99. The van der Waals surface area contributed by atoms with E-state index in [1.54, 1.807) is 6.07 Å². The summed E-state index contributed by atoms with van der Waals surface area (Å²) in [6.45, 7) is 5.12.